The van der Waals surface area contributed by atoms with Crippen LogP contribution < -0.4 is 0 Å². The standard InChI is InChI=1S/C18H18N2/c1-14(2)17-13-18(15-9-5-3-6-10-15)20(19-17)16-11-7-4-8-12-16/h3-14H,1-2H3. The molecule has 0 bridgehead atoms. The van der Waals surface area contributed by atoms with E-state index in [0.29, 0.717) is 5.92 Å². The van der Waals surface area contributed by atoms with Gasteiger partial charge in [-0.2, -0.15) is 5.10 Å². The van der Waals surface area contributed by atoms with Crippen LogP contribution >= 0.6 is 0 Å². The van der Waals surface area contributed by atoms with Crippen LogP contribution in [0.4, 0.5) is 0 Å². The number of aromatic nitrogens is 2. The Hall–Kier alpha value is -2.35. The third-order valence-electron chi connectivity index (χ3n) is 3.39. The van der Waals surface area contributed by atoms with E-state index < -0.39 is 0 Å². The smallest absolute Gasteiger partial charge is 0.0743 e. The van der Waals surface area contributed by atoms with Crippen molar-refractivity contribution in [1.29, 1.82) is 0 Å². The molecule has 0 aliphatic heterocycles. The first kappa shape index (κ1) is 12.7. The molecule has 2 heteroatoms. The fourth-order valence-electron chi connectivity index (χ4n) is 2.26. The number of benzene rings is 2. The van der Waals surface area contributed by atoms with Crippen LogP contribution in [-0.4, -0.2) is 9.78 Å². The first-order valence-electron chi connectivity index (χ1n) is 6.96. The third-order valence-corrected chi connectivity index (χ3v) is 3.39. The highest BCUT2D eigenvalue weighted by atomic mass is 15.3. The quantitative estimate of drug-likeness (QED) is 0.671. The molecule has 0 aliphatic rings. The lowest BCUT2D eigenvalue weighted by Gasteiger charge is -2.07. The van der Waals surface area contributed by atoms with Gasteiger partial charge in [0.25, 0.3) is 0 Å². The van der Waals surface area contributed by atoms with Gasteiger partial charge in [0.1, 0.15) is 0 Å². The number of nitrogens with zero attached hydrogens (tertiary/aromatic N) is 2. The SMILES string of the molecule is CC(C)c1cc(-c2ccccc2)n(-c2ccccc2)n1. The molecule has 1 heterocycles. The molecular formula is C18H18N2. The van der Waals surface area contributed by atoms with Crippen molar-refractivity contribution in [3.05, 3.63) is 72.4 Å². The summed E-state index contributed by atoms with van der Waals surface area (Å²) in [6.07, 6.45) is 0. The highest BCUT2D eigenvalue weighted by Crippen LogP contribution is 2.26. The maximum absolute atomic E-state index is 4.77. The molecule has 0 amide bonds. The molecule has 0 radical (unpaired) electrons. The maximum atomic E-state index is 4.77. The normalized spacial score (nSPS) is 10.9. The van der Waals surface area contributed by atoms with Gasteiger partial charge in [-0.3, -0.25) is 0 Å². The Morgan fingerprint density at radius 2 is 1.45 bits per heavy atom. The van der Waals surface area contributed by atoms with Crippen LogP contribution in [0.25, 0.3) is 16.9 Å². The van der Waals surface area contributed by atoms with Crippen LogP contribution in [0.2, 0.25) is 0 Å². The Labute approximate surface area is 119 Å². The van der Waals surface area contributed by atoms with Crippen molar-refractivity contribution in [1.82, 2.24) is 9.78 Å². The lowest BCUT2D eigenvalue weighted by molar-refractivity contribution is 0.770. The molecule has 0 atom stereocenters. The summed E-state index contributed by atoms with van der Waals surface area (Å²) in [5.74, 6) is 0.419. The summed E-state index contributed by atoms with van der Waals surface area (Å²) in [5, 5.41) is 4.77. The summed E-state index contributed by atoms with van der Waals surface area (Å²) >= 11 is 0. The van der Waals surface area contributed by atoms with Crippen LogP contribution in [0.3, 0.4) is 0 Å². The van der Waals surface area contributed by atoms with Crippen molar-refractivity contribution in [2.75, 3.05) is 0 Å². The predicted molar refractivity (Wildman–Crippen MR) is 83.1 cm³/mol. The first-order valence-corrected chi connectivity index (χ1v) is 6.96. The van der Waals surface area contributed by atoms with E-state index in [1.165, 1.54) is 5.56 Å². The number of rotatable bonds is 3. The summed E-state index contributed by atoms with van der Waals surface area (Å²) in [5.41, 5.74) is 4.54. The Kier molecular flexibility index (Phi) is 3.38. The van der Waals surface area contributed by atoms with E-state index in [4.69, 9.17) is 5.10 Å². The molecule has 0 fully saturated rings. The van der Waals surface area contributed by atoms with Crippen molar-refractivity contribution in [2.45, 2.75) is 19.8 Å². The van der Waals surface area contributed by atoms with Gasteiger partial charge in [0.05, 0.1) is 17.1 Å². The molecule has 3 aromatic rings. The highest BCUT2D eigenvalue weighted by Gasteiger charge is 2.13. The van der Waals surface area contributed by atoms with Gasteiger partial charge in [0.15, 0.2) is 0 Å². The molecule has 3 rings (SSSR count). The summed E-state index contributed by atoms with van der Waals surface area (Å²) in [4.78, 5) is 0. The lowest BCUT2D eigenvalue weighted by Crippen LogP contribution is -1.99. The van der Waals surface area contributed by atoms with Gasteiger partial charge in [0, 0.05) is 5.56 Å². The van der Waals surface area contributed by atoms with Crippen molar-refractivity contribution in [2.24, 2.45) is 0 Å². The fraction of sp³-hybridized carbons (Fsp3) is 0.167. The van der Waals surface area contributed by atoms with Crippen LogP contribution in [-0.2, 0) is 0 Å². The molecule has 0 aliphatic carbocycles. The van der Waals surface area contributed by atoms with E-state index >= 15 is 0 Å². The van der Waals surface area contributed by atoms with E-state index in [1.807, 2.05) is 28.9 Å². The van der Waals surface area contributed by atoms with Gasteiger partial charge in [-0.15, -0.1) is 0 Å². The summed E-state index contributed by atoms with van der Waals surface area (Å²) < 4.78 is 2.03. The molecule has 1 aromatic heterocycles. The zero-order valence-corrected chi connectivity index (χ0v) is 11.8. The maximum Gasteiger partial charge on any atom is 0.0743 e. The molecular weight excluding hydrogens is 244 g/mol. The van der Waals surface area contributed by atoms with Crippen LogP contribution in [0.5, 0.6) is 0 Å². The van der Waals surface area contributed by atoms with Gasteiger partial charge in [-0.25, -0.2) is 4.68 Å². The lowest BCUT2D eigenvalue weighted by atomic mass is 10.1. The molecule has 0 N–H and O–H groups in total. The average Bonchev–Trinajstić information content (AvgIpc) is 2.94. The minimum atomic E-state index is 0.419. The van der Waals surface area contributed by atoms with E-state index in [0.717, 1.165) is 17.1 Å². The fourth-order valence-corrected chi connectivity index (χ4v) is 2.26. The van der Waals surface area contributed by atoms with Gasteiger partial charge in [0.2, 0.25) is 0 Å². The predicted octanol–water partition coefficient (Wildman–Crippen LogP) is 4.66. The Bertz CT molecular complexity index is 625. The number of hydrogen-bond donors (Lipinski definition) is 0. The van der Waals surface area contributed by atoms with Gasteiger partial charge < -0.3 is 0 Å². The van der Waals surface area contributed by atoms with Crippen molar-refractivity contribution in [3.8, 4) is 16.9 Å². The molecule has 2 aromatic carbocycles. The number of hydrogen-bond acceptors (Lipinski definition) is 1. The van der Waals surface area contributed by atoms with Gasteiger partial charge >= 0.3 is 0 Å². The summed E-state index contributed by atoms with van der Waals surface area (Å²) in [7, 11) is 0. The minimum absolute atomic E-state index is 0.419. The molecule has 0 spiro atoms. The highest BCUT2D eigenvalue weighted by molar-refractivity contribution is 5.62. The van der Waals surface area contributed by atoms with Crippen molar-refractivity contribution in [3.63, 3.8) is 0 Å². The zero-order chi connectivity index (χ0) is 13.9. The topological polar surface area (TPSA) is 17.8 Å². The van der Waals surface area contributed by atoms with E-state index in [1.54, 1.807) is 0 Å². The Morgan fingerprint density at radius 1 is 0.850 bits per heavy atom. The van der Waals surface area contributed by atoms with Crippen molar-refractivity contribution >= 4 is 0 Å². The molecule has 100 valence electrons. The Balaban J connectivity index is 2.18. The second-order valence-electron chi connectivity index (χ2n) is 5.22. The van der Waals surface area contributed by atoms with E-state index in [9.17, 15) is 0 Å². The second kappa shape index (κ2) is 5.33. The molecule has 2 nitrogen and oxygen atoms in total. The molecule has 0 saturated carbocycles. The minimum Gasteiger partial charge on any atom is -0.233 e. The largest absolute Gasteiger partial charge is 0.233 e. The zero-order valence-electron chi connectivity index (χ0n) is 11.8. The van der Waals surface area contributed by atoms with E-state index in [2.05, 4.69) is 56.3 Å². The summed E-state index contributed by atoms with van der Waals surface area (Å²) in [6, 6.07) is 22.9. The van der Waals surface area contributed by atoms with Gasteiger partial charge in [-0.1, -0.05) is 62.4 Å². The van der Waals surface area contributed by atoms with Crippen LogP contribution in [0.1, 0.15) is 25.5 Å². The molecule has 0 saturated heterocycles. The molecule has 0 unspecified atom stereocenters. The average molecular weight is 262 g/mol. The third kappa shape index (κ3) is 2.37. The first-order chi connectivity index (χ1) is 9.75. The van der Waals surface area contributed by atoms with Crippen LogP contribution in [0, 0.1) is 0 Å². The van der Waals surface area contributed by atoms with Crippen LogP contribution in [0.15, 0.2) is 66.7 Å². The van der Waals surface area contributed by atoms with Crippen molar-refractivity contribution < 1.29 is 0 Å². The summed E-state index contributed by atoms with van der Waals surface area (Å²) in [6.45, 7) is 4.35. The molecule has 20 heavy (non-hydrogen) atoms. The second-order valence-corrected chi connectivity index (χ2v) is 5.22. The van der Waals surface area contributed by atoms with Gasteiger partial charge in [-0.05, 0) is 24.1 Å². The Morgan fingerprint density at radius 3 is 2.05 bits per heavy atom. The van der Waals surface area contributed by atoms with E-state index in [-0.39, 0.29) is 0 Å². The monoisotopic (exact) mass is 262 g/mol. The number of para-hydroxylation sites is 1.